The second-order valence-corrected chi connectivity index (χ2v) is 9.21. The maximum Gasteiger partial charge on any atom is 0.253 e. The van der Waals surface area contributed by atoms with Gasteiger partial charge in [-0.15, -0.1) is 0 Å². The highest BCUT2D eigenvalue weighted by molar-refractivity contribution is 6.32. The van der Waals surface area contributed by atoms with Crippen molar-refractivity contribution in [1.82, 2.24) is 20.1 Å². The van der Waals surface area contributed by atoms with Gasteiger partial charge in [0, 0.05) is 44.0 Å². The van der Waals surface area contributed by atoms with Crippen LogP contribution in [0.2, 0.25) is 5.02 Å². The molecule has 2 aromatic carbocycles. The summed E-state index contributed by atoms with van der Waals surface area (Å²) in [6.07, 6.45) is 4.68. The standard InChI is InChI=1S/C28H30ClN5O3/c1-33-13-15-34(16-14-33)28(36)22-6-4-21(5-7-22)23-8-9-25(24(29)18-23)37-17-12-31-27(35)11-3-20-2-10-26(30)32-19-20/h2-11,18-19H,12-17H2,1H3,(H2,30,32)(H,31,35)/b11-3+. The van der Waals surface area contributed by atoms with E-state index in [1.54, 1.807) is 30.5 Å². The molecule has 192 valence electrons. The zero-order valence-electron chi connectivity index (χ0n) is 20.7. The highest BCUT2D eigenvalue weighted by Crippen LogP contribution is 2.30. The number of amides is 2. The Morgan fingerprint density at radius 3 is 2.46 bits per heavy atom. The monoisotopic (exact) mass is 519 g/mol. The minimum atomic E-state index is -0.239. The number of nitrogens with two attached hydrogens (primary N) is 1. The zero-order chi connectivity index (χ0) is 26.2. The van der Waals surface area contributed by atoms with Crippen LogP contribution in [0.1, 0.15) is 15.9 Å². The molecule has 2 heterocycles. The lowest BCUT2D eigenvalue weighted by molar-refractivity contribution is -0.116. The molecular weight excluding hydrogens is 490 g/mol. The number of hydrogen-bond donors (Lipinski definition) is 2. The molecule has 2 amide bonds. The molecule has 1 aliphatic heterocycles. The number of rotatable bonds is 8. The van der Waals surface area contributed by atoms with E-state index in [1.807, 2.05) is 41.3 Å². The Morgan fingerprint density at radius 1 is 1.05 bits per heavy atom. The molecule has 0 spiro atoms. The maximum atomic E-state index is 12.8. The molecule has 0 bridgehead atoms. The van der Waals surface area contributed by atoms with Crippen molar-refractivity contribution in [2.75, 3.05) is 52.1 Å². The number of carbonyl (C=O) groups excluding carboxylic acids is 2. The number of benzene rings is 2. The highest BCUT2D eigenvalue weighted by atomic mass is 35.5. The second-order valence-electron chi connectivity index (χ2n) is 8.81. The third-order valence-corrected chi connectivity index (χ3v) is 6.38. The summed E-state index contributed by atoms with van der Waals surface area (Å²) in [5.41, 5.74) is 8.89. The summed E-state index contributed by atoms with van der Waals surface area (Å²) in [6.45, 7) is 3.87. The molecule has 3 aromatic rings. The molecule has 0 atom stereocenters. The Labute approximate surface area is 221 Å². The van der Waals surface area contributed by atoms with E-state index in [2.05, 4.69) is 22.2 Å². The van der Waals surface area contributed by atoms with Crippen LogP contribution >= 0.6 is 11.6 Å². The van der Waals surface area contributed by atoms with Crippen molar-refractivity contribution < 1.29 is 14.3 Å². The van der Waals surface area contributed by atoms with Gasteiger partial charge in [-0.3, -0.25) is 9.59 Å². The fourth-order valence-corrected chi connectivity index (χ4v) is 4.11. The van der Waals surface area contributed by atoms with E-state index in [0.29, 0.717) is 28.7 Å². The van der Waals surface area contributed by atoms with E-state index in [0.717, 1.165) is 42.9 Å². The minimum absolute atomic E-state index is 0.0614. The lowest BCUT2D eigenvalue weighted by Crippen LogP contribution is -2.47. The number of pyridine rings is 1. The summed E-state index contributed by atoms with van der Waals surface area (Å²) in [6, 6.07) is 16.6. The fourth-order valence-electron chi connectivity index (χ4n) is 3.88. The molecule has 0 saturated carbocycles. The first-order valence-corrected chi connectivity index (χ1v) is 12.4. The quantitative estimate of drug-likeness (QED) is 0.348. The first-order valence-electron chi connectivity index (χ1n) is 12.1. The van der Waals surface area contributed by atoms with Crippen LogP contribution in [0, 0.1) is 0 Å². The SMILES string of the molecule is CN1CCN(C(=O)c2ccc(-c3ccc(OCCNC(=O)/C=C/c4ccc(N)nc4)c(Cl)c3)cc2)CC1. The number of nitrogens with zero attached hydrogens (tertiary/aromatic N) is 3. The Kier molecular flexibility index (Phi) is 8.77. The Hall–Kier alpha value is -3.88. The molecule has 0 aliphatic carbocycles. The van der Waals surface area contributed by atoms with Crippen LogP contribution in [0.5, 0.6) is 5.75 Å². The molecule has 1 aromatic heterocycles. The normalized spacial score (nSPS) is 14.1. The average Bonchev–Trinajstić information content (AvgIpc) is 2.91. The zero-order valence-corrected chi connectivity index (χ0v) is 21.4. The molecule has 9 heteroatoms. The smallest absolute Gasteiger partial charge is 0.253 e. The van der Waals surface area contributed by atoms with Crippen LogP contribution in [0.15, 0.2) is 66.9 Å². The largest absolute Gasteiger partial charge is 0.490 e. The summed E-state index contributed by atoms with van der Waals surface area (Å²) in [5, 5.41) is 3.23. The number of carbonyl (C=O) groups is 2. The molecule has 3 N–H and O–H groups in total. The third-order valence-electron chi connectivity index (χ3n) is 6.08. The lowest BCUT2D eigenvalue weighted by atomic mass is 10.0. The van der Waals surface area contributed by atoms with Gasteiger partial charge < -0.3 is 25.6 Å². The van der Waals surface area contributed by atoms with Gasteiger partial charge in [0.1, 0.15) is 18.2 Å². The predicted molar refractivity (Wildman–Crippen MR) is 146 cm³/mol. The number of anilines is 1. The van der Waals surface area contributed by atoms with E-state index in [9.17, 15) is 9.59 Å². The minimum Gasteiger partial charge on any atom is -0.490 e. The number of halogens is 1. The van der Waals surface area contributed by atoms with E-state index >= 15 is 0 Å². The molecule has 1 aliphatic rings. The molecule has 1 fully saturated rings. The van der Waals surface area contributed by atoms with Crippen molar-refractivity contribution in [2.45, 2.75) is 0 Å². The number of piperazine rings is 1. The maximum absolute atomic E-state index is 12.8. The van der Waals surface area contributed by atoms with Crippen LogP contribution in [-0.4, -0.2) is 73.0 Å². The number of hydrogen-bond acceptors (Lipinski definition) is 6. The van der Waals surface area contributed by atoms with Gasteiger partial charge in [0.25, 0.3) is 5.91 Å². The Balaban J connectivity index is 1.26. The highest BCUT2D eigenvalue weighted by Gasteiger charge is 2.20. The van der Waals surface area contributed by atoms with Gasteiger partial charge in [-0.2, -0.15) is 0 Å². The van der Waals surface area contributed by atoms with Gasteiger partial charge in [0.2, 0.25) is 5.91 Å². The van der Waals surface area contributed by atoms with Crippen molar-refractivity contribution in [3.63, 3.8) is 0 Å². The topological polar surface area (TPSA) is 101 Å². The second kappa shape index (κ2) is 12.4. The average molecular weight is 520 g/mol. The van der Waals surface area contributed by atoms with Crippen LogP contribution in [0.3, 0.4) is 0 Å². The molecule has 4 rings (SSSR count). The number of aromatic nitrogens is 1. The van der Waals surface area contributed by atoms with Gasteiger partial charge in [-0.25, -0.2) is 4.98 Å². The van der Waals surface area contributed by atoms with Crippen molar-refractivity contribution in [1.29, 1.82) is 0 Å². The molecule has 37 heavy (non-hydrogen) atoms. The van der Waals surface area contributed by atoms with E-state index in [1.165, 1.54) is 6.08 Å². The van der Waals surface area contributed by atoms with Gasteiger partial charge in [-0.1, -0.05) is 29.8 Å². The Morgan fingerprint density at radius 2 is 1.78 bits per heavy atom. The third kappa shape index (κ3) is 7.31. The van der Waals surface area contributed by atoms with Crippen molar-refractivity contribution in [3.8, 4) is 16.9 Å². The van der Waals surface area contributed by atoms with Gasteiger partial charge in [0.15, 0.2) is 0 Å². The van der Waals surface area contributed by atoms with E-state index < -0.39 is 0 Å². The molecule has 0 unspecified atom stereocenters. The Bertz CT molecular complexity index is 1250. The molecule has 8 nitrogen and oxygen atoms in total. The summed E-state index contributed by atoms with van der Waals surface area (Å²) < 4.78 is 5.73. The van der Waals surface area contributed by atoms with Crippen LogP contribution < -0.4 is 15.8 Å². The van der Waals surface area contributed by atoms with Crippen molar-refractivity contribution >= 4 is 35.3 Å². The van der Waals surface area contributed by atoms with Gasteiger partial charge in [0.05, 0.1) is 11.6 Å². The first-order chi connectivity index (χ1) is 17.9. The van der Waals surface area contributed by atoms with Crippen LogP contribution in [0.4, 0.5) is 5.82 Å². The van der Waals surface area contributed by atoms with Gasteiger partial charge >= 0.3 is 0 Å². The van der Waals surface area contributed by atoms with Crippen molar-refractivity contribution in [3.05, 3.63) is 83.0 Å². The van der Waals surface area contributed by atoms with Crippen LogP contribution in [-0.2, 0) is 4.79 Å². The summed E-state index contributed by atoms with van der Waals surface area (Å²) in [5.74, 6) is 0.782. The van der Waals surface area contributed by atoms with E-state index in [4.69, 9.17) is 22.1 Å². The lowest BCUT2D eigenvalue weighted by Gasteiger charge is -2.32. The number of ether oxygens (including phenoxy) is 1. The summed E-state index contributed by atoms with van der Waals surface area (Å²) in [7, 11) is 2.07. The summed E-state index contributed by atoms with van der Waals surface area (Å²) >= 11 is 6.44. The van der Waals surface area contributed by atoms with Crippen molar-refractivity contribution in [2.24, 2.45) is 0 Å². The molecule has 1 saturated heterocycles. The van der Waals surface area contributed by atoms with Crippen LogP contribution in [0.25, 0.3) is 17.2 Å². The predicted octanol–water partition coefficient (Wildman–Crippen LogP) is 3.58. The molecule has 0 radical (unpaired) electrons. The van der Waals surface area contributed by atoms with Gasteiger partial charge in [-0.05, 0) is 66.2 Å². The first kappa shape index (κ1) is 26.2. The number of nitrogen functional groups attached to an aromatic ring is 1. The fraction of sp³-hybridized carbons (Fsp3) is 0.250. The summed E-state index contributed by atoms with van der Waals surface area (Å²) in [4.78, 5) is 32.8. The number of nitrogens with one attached hydrogen (secondary N) is 1. The molecular formula is C28H30ClN5O3. The number of likely N-dealkylation sites (N-methyl/N-ethyl adjacent to an activating group) is 1. The van der Waals surface area contributed by atoms with E-state index in [-0.39, 0.29) is 18.4 Å².